The number of hydrogen-bond donors (Lipinski definition) is 2. The molecule has 2 heterocycles. The summed E-state index contributed by atoms with van der Waals surface area (Å²) >= 11 is 11.7. The third-order valence-electron chi connectivity index (χ3n) is 6.36. The molecule has 0 unspecified atom stereocenters. The molecule has 35 heavy (non-hydrogen) atoms. The molecular weight excluding hydrogens is 515 g/mol. The number of pyridine rings is 1. The van der Waals surface area contributed by atoms with E-state index < -0.39 is 32.9 Å². The fraction of sp³-hybridized carbons (Fsp3) is 0.435. The van der Waals surface area contributed by atoms with Crippen LogP contribution in [0.2, 0.25) is 5.02 Å². The van der Waals surface area contributed by atoms with Crippen LogP contribution in [0.3, 0.4) is 0 Å². The van der Waals surface area contributed by atoms with E-state index in [1.54, 1.807) is 24.3 Å². The number of halogens is 2. The van der Waals surface area contributed by atoms with Crippen LogP contribution in [0.25, 0.3) is 0 Å². The van der Waals surface area contributed by atoms with Crippen molar-refractivity contribution in [1.29, 1.82) is 0 Å². The van der Waals surface area contributed by atoms with Crippen molar-refractivity contribution in [1.82, 2.24) is 19.5 Å². The van der Waals surface area contributed by atoms with E-state index in [4.69, 9.17) is 23.2 Å². The molecule has 1 aromatic carbocycles. The molecule has 0 atom stereocenters. The average molecular weight is 541 g/mol. The molecule has 188 valence electrons. The first-order chi connectivity index (χ1) is 16.7. The highest BCUT2D eigenvalue weighted by Gasteiger charge is 2.54. The van der Waals surface area contributed by atoms with Gasteiger partial charge in [-0.05, 0) is 49.1 Å². The number of hydrogen-bond acceptors (Lipinski definition) is 5. The Kier molecular flexibility index (Phi) is 7.56. The van der Waals surface area contributed by atoms with Gasteiger partial charge in [-0.15, -0.1) is 11.6 Å². The molecular formula is C23H26Cl2N4O5S. The van der Waals surface area contributed by atoms with Gasteiger partial charge in [0.1, 0.15) is 11.3 Å². The van der Waals surface area contributed by atoms with Gasteiger partial charge in [0.05, 0.1) is 11.3 Å². The minimum atomic E-state index is -3.30. The van der Waals surface area contributed by atoms with Crippen molar-refractivity contribution in [3.05, 3.63) is 68.6 Å². The highest BCUT2D eigenvalue weighted by molar-refractivity contribution is 7.89. The van der Waals surface area contributed by atoms with Gasteiger partial charge in [-0.25, -0.2) is 8.42 Å². The second-order valence-corrected chi connectivity index (χ2v) is 11.6. The number of rotatable bonds is 9. The molecule has 9 nitrogen and oxygen atoms in total. The average Bonchev–Trinajstić information content (AvgIpc) is 3.52. The van der Waals surface area contributed by atoms with Crippen LogP contribution >= 0.6 is 23.2 Å². The van der Waals surface area contributed by atoms with Crippen molar-refractivity contribution in [2.75, 3.05) is 24.7 Å². The topological polar surface area (TPSA) is 118 Å². The molecule has 4 rings (SSSR count). The molecule has 2 aromatic rings. The monoisotopic (exact) mass is 540 g/mol. The van der Waals surface area contributed by atoms with Crippen LogP contribution in [0.4, 0.5) is 0 Å². The van der Waals surface area contributed by atoms with E-state index in [-0.39, 0.29) is 42.5 Å². The van der Waals surface area contributed by atoms with Gasteiger partial charge >= 0.3 is 0 Å². The summed E-state index contributed by atoms with van der Waals surface area (Å²) in [4.78, 5) is 38.7. The number of carbonyl (C=O) groups excluding carboxylic acids is 2. The fourth-order valence-corrected chi connectivity index (χ4v) is 6.56. The van der Waals surface area contributed by atoms with Crippen LogP contribution in [-0.4, -0.2) is 59.4 Å². The Balaban J connectivity index is 1.47. The molecule has 0 radical (unpaired) electrons. The molecule has 1 aliphatic heterocycles. The van der Waals surface area contributed by atoms with E-state index in [9.17, 15) is 22.8 Å². The molecule has 0 bridgehead atoms. The Hall–Kier alpha value is -2.40. The molecule has 0 spiro atoms. The first kappa shape index (κ1) is 25.7. The number of aromatic nitrogens is 1. The zero-order valence-corrected chi connectivity index (χ0v) is 21.3. The second kappa shape index (κ2) is 10.3. The van der Waals surface area contributed by atoms with Crippen LogP contribution in [0, 0.1) is 0 Å². The summed E-state index contributed by atoms with van der Waals surface area (Å²) in [7, 11) is -3.30. The van der Waals surface area contributed by atoms with Crippen LogP contribution in [0.15, 0.2) is 41.2 Å². The van der Waals surface area contributed by atoms with Crippen molar-refractivity contribution >= 4 is 45.0 Å². The zero-order chi connectivity index (χ0) is 25.2. The summed E-state index contributed by atoms with van der Waals surface area (Å²) in [5.74, 6) is -0.912. The maximum absolute atomic E-state index is 13.0. The first-order valence-corrected chi connectivity index (χ1v) is 13.8. The minimum absolute atomic E-state index is 0.0348. The number of benzene rings is 1. The van der Waals surface area contributed by atoms with Gasteiger partial charge in [0, 0.05) is 37.1 Å². The minimum Gasteiger partial charge on any atom is -0.349 e. The number of carbonyl (C=O) groups is 2. The predicted octanol–water partition coefficient (Wildman–Crippen LogP) is 1.97. The lowest BCUT2D eigenvalue weighted by molar-refractivity contribution is 0.0922. The van der Waals surface area contributed by atoms with Crippen molar-refractivity contribution in [2.24, 2.45) is 0 Å². The van der Waals surface area contributed by atoms with E-state index in [0.717, 1.165) is 5.56 Å². The molecule has 1 saturated heterocycles. The second-order valence-electron chi connectivity index (χ2n) is 8.74. The van der Waals surface area contributed by atoms with Gasteiger partial charge in [0.25, 0.3) is 17.4 Å². The van der Waals surface area contributed by atoms with Crippen LogP contribution in [0.5, 0.6) is 0 Å². The van der Waals surface area contributed by atoms with Crippen LogP contribution < -0.4 is 16.2 Å². The van der Waals surface area contributed by atoms with Gasteiger partial charge in [-0.2, -0.15) is 4.31 Å². The maximum Gasteiger partial charge on any atom is 0.268 e. The van der Waals surface area contributed by atoms with Crippen molar-refractivity contribution in [3.63, 3.8) is 0 Å². The SMILES string of the molecule is O=C(NCc1ccc(Cl)cc1)c1ccc(C(=O)NCC2(N3CCCS3(=O)=O)CC2)n(CCCl)c1=O. The van der Waals surface area contributed by atoms with Gasteiger partial charge in [-0.3, -0.25) is 14.4 Å². The first-order valence-electron chi connectivity index (χ1n) is 11.3. The van der Waals surface area contributed by atoms with Gasteiger partial charge < -0.3 is 15.2 Å². The summed E-state index contributed by atoms with van der Waals surface area (Å²) in [6.45, 7) is 0.847. The third kappa shape index (κ3) is 5.55. The van der Waals surface area contributed by atoms with E-state index in [2.05, 4.69) is 10.6 Å². The molecule has 2 amide bonds. The van der Waals surface area contributed by atoms with Crippen LogP contribution in [-0.2, 0) is 23.1 Å². The normalized spacial score (nSPS) is 18.2. The van der Waals surface area contributed by atoms with E-state index in [0.29, 0.717) is 30.8 Å². The van der Waals surface area contributed by atoms with Gasteiger partial charge in [0.2, 0.25) is 10.0 Å². The lowest BCUT2D eigenvalue weighted by Gasteiger charge is -2.26. The molecule has 1 aromatic heterocycles. The highest BCUT2D eigenvalue weighted by atomic mass is 35.5. The summed E-state index contributed by atoms with van der Waals surface area (Å²) in [5.41, 5.74) is -0.458. The van der Waals surface area contributed by atoms with Crippen molar-refractivity contribution in [3.8, 4) is 0 Å². The van der Waals surface area contributed by atoms with E-state index in [1.807, 2.05) is 0 Å². The lowest BCUT2D eigenvalue weighted by Crippen LogP contribution is -2.47. The summed E-state index contributed by atoms with van der Waals surface area (Å²) in [6.07, 6.45) is 1.93. The number of sulfonamides is 1. The van der Waals surface area contributed by atoms with E-state index in [1.165, 1.54) is 21.0 Å². The molecule has 2 fully saturated rings. The lowest BCUT2D eigenvalue weighted by atomic mass is 10.2. The Morgan fingerprint density at radius 3 is 2.34 bits per heavy atom. The molecule has 1 saturated carbocycles. The summed E-state index contributed by atoms with van der Waals surface area (Å²) in [6, 6.07) is 9.66. The van der Waals surface area contributed by atoms with Crippen molar-refractivity contribution in [2.45, 2.75) is 37.9 Å². The third-order valence-corrected chi connectivity index (χ3v) is 8.83. The van der Waals surface area contributed by atoms with Gasteiger partial charge in [0.15, 0.2) is 0 Å². The molecule has 12 heteroatoms. The zero-order valence-electron chi connectivity index (χ0n) is 18.9. The quantitative estimate of drug-likeness (QED) is 0.471. The summed E-state index contributed by atoms with van der Waals surface area (Å²) < 4.78 is 27.3. The largest absolute Gasteiger partial charge is 0.349 e. The Morgan fingerprint density at radius 1 is 1.03 bits per heavy atom. The maximum atomic E-state index is 13.0. The smallest absolute Gasteiger partial charge is 0.268 e. The Labute approximate surface area is 213 Å². The predicted molar refractivity (Wildman–Crippen MR) is 133 cm³/mol. The van der Waals surface area contributed by atoms with Crippen molar-refractivity contribution < 1.29 is 18.0 Å². The molecule has 2 aliphatic rings. The Bertz CT molecular complexity index is 1290. The summed E-state index contributed by atoms with van der Waals surface area (Å²) in [5, 5.41) is 6.05. The fourth-order valence-electron chi connectivity index (χ4n) is 4.30. The number of nitrogens with zero attached hydrogens (tertiary/aromatic N) is 2. The number of amides is 2. The van der Waals surface area contributed by atoms with E-state index >= 15 is 0 Å². The standard InChI is InChI=1S/C23H26Cl2N4O5S/c24-10-12-28-19(21(31)27-15-23(8-9-23)29-11-1-13-35(29,33)34)7-6-18(22(28)32)20(30)26-14-16-2-4-17(25)5-3-16/h2-7H,1,8-15H2,(H,26,30)(H,27,31). The van der Waals surface area contributed by atoms with Gasteiger partial charge in [-0.1, -0.05) is 23.7 Å². The number of alkyl halides is 1. The highest BCUT2D eigenvalue weighted by Crippen LogP contribution is 2.44. The molecule has 2 N–H and O–H groups in total. The van der Waals surface area contributed by atoms with Crippen LogP contribution in [0.1, 0.15) is 45.7 Å². The molecule has 1 aliphatic carbocycles. The number of nitrogens with one attached hydrogen (secondary N) is 2. The Morgan fingerprint density at radius 2 is 1.74 bits per heavy atom.